The molecule has 0 spiro atoms. The maximum atomic E-state index is 12.4. The van der Waals surface area contributed by atoms with Crippen LogP contribution in [-0.4, -0.2) is 30.2 Å². The van der Waals surface area contributed by atoms with E-state index < -0.39 is 0 Å². The lowest BCUT2D eigenvalue weighted by molar-refractivity contribution is 0.262. The SMILES string of the molecule is COc1cc2ncnc(NCc3cccc(NC(=O)Nc4ccccc4C)c3)c2cc1OC. The Bertz CT molecular complexity index is 1290. The minimum Gasteiger partial charge on any atom is -0.493 e. The summed E-state index contributed by atoms with van der Waals surface area (Å²) in [5.41, 5.74) is 4.19. The lowest BCUT2D eigenvalue weighted by atomic mass is 10.1. The summed E-state index contributed by atoms with van der Waals surface area (Å²) >= 11 is 0. The number of benzene rings is 3. The van der Waals surface area contributed by atoms with Crippen LogP contribution < -0.4 is 25.4 Å². The molecule has 0 unspecified atom stereocenters. The van der Waals surface area contributed by atoms with E-state index in [1.807, 2.05) is 67.6 Å². The first-order valence-electron chi connectivity index (χ1n) is 10.4. The second-order valence-corrected chi connectivity index (χ2v) is 7.39. The highest BCUT2D eigenvalue weighted by Crippen LogP contribution is 2.33. The average molecular weight is 444 g/mol. The molecule has 3 N–H and O–H groups in total. The van der Waals surface area contributed by atoms with Gasteiger partial charge in [-0.05, 0) is 42.3 Å². The van der Waals surface area contributed by atoms with Gasteiger partial charge in [-0.15, -0.1) is 0 Å². The number of hydrogen-bond donors (Lipinski definition) is 3. The normalized spacial score (nSPS) is 10.5. The van der Waals surface area contributed by atoms with E-state index in [0.29, 0.717) is 29.5 Å². The van der Waals surface area contributed by atoms with Gasteiger partial charge in [0.2, 0.25) is 0 Å². The number of nitrogens with zero attached hydrogens (tertiary/aromatic N) is 2. The van der Waals surface area contributed by atoms with Crippen LogP contribution in [0.4, 0.5) is 22.0 Å². The zero-order valence-corrected chi connectivity index (χ0v) is 18.7. The zero-order valence-electron chi connectivity index (χ0n) is 18.7. The molecule has 8 nitrogen and oxygen atoms in total. The minimum absolute atomic E-state index is 0.294. The molecule has 1 aromatic heterocycles. The number of rotatable bonds is 7. The van der Waals surface area contributed by atoms with Gasteiger partial charge in [-0.25, -0.2) is 14.8 Å². The van der Waals surface area contributed by atoms with Crippen molar-refractivity contribution in [2.45, 2.75) is 13.5 Å². The molecular formula is C25H25N5O3. The first-order chi connectivity index (χ1) is 16.1. The van der Waals surface area contributed by atoms with Crippen LogP contribution in [0.1, 0.15) is 11.1 Å². The molecule has 3 aromatic carbocycles. The number of amides is 2. The standard InChI is InChI=1S/C25H25N5O3/c1-16-7-4-5-10-20(16)30-25(31)29-18-9-6-8-17(11-18)14-26-24-19-12-22(32-2)23(33-3)13-21(19)27-15-28-24/h4-13,15H,14H2,1-3H3,(H,26,27,28)(H2,29,30,31). The van der Waals surface area contributed by atoms with E-state index in [9.17, 15) is 4.79 Å². The number of ether oxygens (including phenoxy) is 2. The van der Waals surface area contributed by atoms with E-state index in [2.05, 4.69) is 25.9 Å². The number of para-hydroxylation sites is 1. The lowest BCUT2D eigenvalue weighted by Gasteiger charge is -2.13. The van der Waals surface area contributed by atoms with Gasteiger partial charge in [0.05, 0.1) is 19.7 Å². The van der Waals surface area contributed by atoms with Crippen molar-refractivity contribution in [2.75, 3.05) is 30.2 Å². The predicted molar refractivity (Wildman–Crippen MR) is 130 cm³/mol. The molecule has 0 aliphatic rings. The number of methoxy groups -OCH3 is 2. The number of fused-ring (bicyclic) bond motifs is 1. The molecule has 0 atom stereocenters. The van der Waals surface area contributed by atoms with Crippen LogP contribution in [0.5, 0.6) is 11.5 Å². The molecule has 168 valence electrons. The van der Waals surface area contributed by atoms with Gasteiger partial charge in [0, 0.05) is 29.4 Å². The third kappa shape index (κ3) is 5.12. The predicted octanol–water partition coefficient (Wildman–Crippen LogP) is 5.21. The summed E-state index contributed by atoms with van der Waals surface area (Å²) in [7, 11) is 3.18. The smallest absolute Gasteiger partial charge is 0.323 e. The molecule has 33 heavy (non-hydrogen) atoms. The Morgan fingerprint density at radius 2 is 1.70 bits per heavy atom. The van der Waals surface area contributed by atoms with Crippen LogP contribution in [0.3, 0.4) is 0 Å². The summed E-state index contributed by atoms with van der Waals surface area (Å²) in [6.45, 7) is 2.46. The van der Waals surface area contributed by atoms with E-state index in [4.69, 9.17) is 9.47 Å². The fourth-order valence-corrected chi connectivity index (χ4v) is 3.47. The molecule has 1 heterocycles. The molecule has 2 amide bonds. The Morgan fingerprint density at radius 1 is 0.909 bits per heavy atom. The third-order valence-corrected chi connectivity index (χ3v) is 5.18. The first-order valence-corrected chi connectivity index (χ1v) is 10.4. The fraction of sp³-hybridized carbons (Fsp3) is 0.160. The van der Waals surface area contributed by atoms with Gasteiger partial charge in [0.15, 0.2) is 11.5 Å². The Morgan fingerprint density at radius 3 is 2.48 bits per heavy atom. The van der Waals surface area contributed by atoms with Crippen LogP contribution in [0.15, 0.2) is 67.0 Å². The number of urea groups is 1. The molecule has 0 saturated carbocycles. The molecule has 0 bridgehead atoms. The van der Waals surface area contributed by atoms with Gasteiger partial charge in [-0.1, -0.05) is 30.3 Å². The molecule has 0 aliphatic heterocycles. The molecule has 0 fully saturated rings. The fourth-order valence-electron chi connectivity index (χ4n) is 3.47. The van der Waals surface area contributed by atoms with Crippen molar-refractivity contribution in [3.05, 3.63) is 78.1 Å². The van der Waals surface area contributed by atoms with Crippen LogP contribution in [-0.2, 0) is 6.54 Å². The summed E-state index contributed by atoms with van der Waals surface area (Å²) in [5, 5.41) is 9.92. The summed E-state index contributed by atoms with van der Waals surface area (Å²) in [6, 6.07) is 18.6. The van der Waals surface area contributed by atoms with Crippen molar-refractivity contribution in [3.8, 4) is 11.5 Å². The van der Waals surface area contributed by atoms with Crippen LogP contribution in [0.2, 0.25) is 0 Å². The highest BCUT2D eigenvalue weighted by molar-refractivity contribution is 6.00. The number of nitrogens with one attached hydrogen (secondary N) is 3. The van der Waals surface area contributed by atoms with Crippen LogP contribution in [0, 0.1) is 6.92 Å². The molecule has 8 heteroatoms. The van der Waals surface area contributed by atoms with Crippen molar-refractivity contribution in [3.63, 3.8) is 0 Å². The Labute approximate surface area is 192 Å². The Balaban J connectivity index is 1.46. The van der Waals surface area contributed by atoms with E-state index in [0.717, 1.165) is 27.7 Å². The summed E-state index contributed by atoms with van der Waals surface area (Å²) < 4.78 is 10.8. The highest BCUT2D eigenvalue weighted by atomic mass is 16.5. The monoisotopic (exact) mass is 443 g/mol. The third-order valence-electron chi connectivity index (χ3n) is 5.18. The second-order valence-electron chi connectivity index (χ2n) is 7.39. The molecule has 4 rings (SSSR count). The van der Waals surface area contributed by atoms with Gasteiger partial charge >= 0.3 is 6.03 Å². The van der Waals surface area contributed by atoms with Gasteiger partial charge in [-0.3, -0.25) is 0 Å². The Kier molecular flexibility index (Phi) is 6.54. The molecular weight excluding hydrogens is 418 g/mol. The number of aromatic nitrogens is 2. The van der Waals surface area contributed by atoms with E-state index in [1.54, 1.807) is 14.2 Å². The zero-order chi connectivity index (χ0) is 23.2. The van der Waals surface area contributed by atoms with E-state index in [-0.39, 0.29) is 6.03 Å². The van der Waals surface area contributed by atoms with Crippen LogP contribution >= 0.6 is 0 Å². The lowest BCUT2D eigenvalue weighted by Crippen LogP contribution is -2.20. The van der Waals surface area contributed by atoms with E-state index in [1.165, 1.54) is 6.33 Å². The van der Waals surface area contributed by atoms with Gasteiger partial charge in [0.25, 0.3) is 0 Å². The number of carbonyl (C=O) groups excluding carboxylic acids is 1. The quantitative estimate of drug-likeness (QED) is 0.363. The number of hydrogen-bond acceptors (Lipinski definition) is 6. The van der Waals surface area contributed by atoms with E-state index >= 15 is 0 Å². The molecule has 4 aromatic rings. The van der Waals surface area contributed by atoms with Crippen molar-refractivity contribution >= 4 is 34.1 Å². The topological polar surface area (TPSA) is 97.4 Å². The minimum atomic E-state index is -0.294. The van der Waals surface area contributed by atoms with Gasteiger partial charge in [-0.2, -0.15) is 0 Å². The summed E-state index contributed by atoms with van der Waals surface area (Å²) in [4.78, 5) is 21.1. The average Bonchev–Trinajstić information content (AvgIpc) is 2.83. The van der Waals surface area contributed by atoms with Gasteiger partial charge in [0.1, 0.15) is 12.1 Å². The Hall–Kier alpha value is -4.33. The largest absolute Gasteiger partial charge is 0.493 e. The molecule has 0 saturated heterocycles. The number of aryl methyl sites for hydroxylation is 1. The highest BCUT2D eigenvalue weighted by Gasteiger charge is 2.11. The number of anilines is 3. The number of carbonyl (C=O) groups is 1. The first kappa shape index (κ1) is 21.9. The van der Waals surface area contributed by atoms with Gasteiger partial charge < -0.3 is 25.4 Å². The maximum Gasteiger partial charge on any atom is 0.323 e. The van der Waals surface area contributed by atoms with Crippen molar-refractivity contribution in [1.82, 2.24) is 9.97 Å². The van der Waals surface area contributed by atoms with Crippen molar-refractivity contribution in [2.24, 2.45) is 0 Å². The van der Waals surface area contributed by atoms with Crippen molar-refractivity contribution in [1.29, 1.82) is 0 Å². The summed E-state index contributed by atoms with van der Waals surface area (Å²) in [5.74, 6) is 1.89. The summed E-state index contributed by atoms with van der Waals surface area (Å²) in [6.07, 6.45) is 1.50. The molecule has 0 radical (unpaired) electrons. The second kappa shape index (κ2) is 9.86. The molecule has 0 aliphatic carbocycles. The maximum absolute atomic E-state index is 12.4. The van der Waals surface area contributed by atoms with Crippen molar-refractivity contribution < 1.29 is 14.3 Å². The van der Waals surface area contributed by atoms with Crippen LogP contribution in [0.25, 0.3) is 10.9 Å².